The highest BCUT2D eigenvalue weighted by molar-refractivity contribution is 5.63. The molecule has 100 valence electrons. The van der Waals surface area contributed by atoms with Crippen LogP contribution in [0, 0.1) is 6.92 Å². The van der Waals surface area contributed by atoms with Gasteiger partial charge in [-0.15, -0.1) is 5.10 Å². The lowest BCUT2D eigenvalue weighted by Gasteiger charge is -2.12. The number of aromatic nitrogens is 3. The lowest BCUT2D eigenvalue weighted by atomic mass is 10.0. The van der Waals surface area contributed by atoms with Crippen LogP contribution in [0.15, 0.2) is 60.8 Å². The first-order valence-corrected chi connectivity index (χ1v) is 6.78. The monoisotopic (exact) mass is 263 g/mol. The predicted molar refractivity (Wildman–Crippen MR) is 80.5 cm³/mol. The van der Waals surface area contributed by atoms with Gasteiger partial charge in [-0.2, -0.15) is 0 Å². The second-order valence-electron chi connectivity index (χ2n) is 5.00. The second-order valence-corrected chi connectivity index (χ2v) is 5.00. The largest absolute Gasteiger partial charge is 0.245 e. The Morgan fingerprint density at radius 3 is 2.15 bits per heavy atom. The van der Waals surface area contributed by atoms with Crippen molar-refractivity contribution in [3.8, 4) is 11.1 Å². The van der Waals surface area contributed by atoms with E-state index < -0.39 is 0 Å². The van der Waals surface area contributed by atoms with Gasteiger partial charge in [-0.1, -0.05) is 59.8 Å². The maximum Gasteiger partial charge on any atom is 0.0796 e. The van der Waals surface area contributed by atoms with Gasteiger partial charge in [0.05, 0.1) is 11.7 Å². The molecule has 2 aromatic carbocycles. The van der Waals surface area contributed by atoms with E-state index in [9.17, 15) is 0 Å². The van der Waals surface area contributed by atoms with Gasteiger partial charge < -0.3 is 0 Å². The zero-order valence-corrected chi connectivity index (χ0v) is 11.7. The Morgan fingerprint density at radius 2 is 1.55 bits per heavy atom. The molecule has 3 heteroatoms. The molecule has 1 unspecified atom stereocenters. The predicted octanol–water partition coefficient (Wildman–Crippen LogP) is 3.86. The molecule has 0 aliphatic carbocycles. The number of nitrogens with zero attached hydrogens (tertiary/aromatic N) is 3. The Bertz CT molecular complexity index is 684. The van der Waals surface area contributed by atoms with E-state index in [-0.39, 0.29) is 6.04 Å². The van der Waals surface area contributed by atoms with E-state index in [4.69, 9.17) is 0 Å². The minimum Gasteiger partial charge on any atom is -0.245 e. The topological polar surface area (TPSA) is 30.7 Å². The van der Waals surface area contributed by atoms with Gasteiger partial charge in [-0.25, -0.2) is 4.68 Å². The fraction of sp³-hybridized carbons (Fsp3) is 0.176. The molecule has 0 spiro atoms. The van der Waals surface area contributed by atoms with Gasteiger partial charge in [0.1, 0.15) is 0 Å². The summed E-state index contributed by atoms with van der Waals surface area (Å²) in [7, 11) is 0. The van der Waals surface area contributed by atoms with Crippen molar-refractivity contribution < 1.29 is 0 Å². The zero-order valence-electron chi connectivity index (χ0n) is 11.7. The maximum atomic E-state index is 4.14. The number of aryl methyl sites for hydroxylation is 1. The third-order valence-electron chi connectivity index (χ3n) is 3.52. The van der Waals surface area contributed by atoms with Crippen molar-refractivity contribution in [2.24, 2.45) is 0 Å². The molecule has 0 saturated carbocycles. The minimum atomic E-state index is 0.195. The molecule has 0 bridgehead atoms. The van der Waals surface area contributed by atoms with Crippen LogP contribution in [0.3, 0.4) is 0 Å². The maximum absolute atomic E-state index is 4.14. The van der Waals surface area contributed by atoms with Gasteiger partial charge in [0, 0.05) is 6.20 Å². The van der Waals surface area contributed by atoms with Crippen molar-refractivity contribution in [3.05, 3.63) is 72.1 Å². The smallest absolute Gasteiger partial charge is 0.0796 e. The average Bonchev–Trinajstić information content (AvgIpc) is 2.94. The SMILES string of the molecule is Cc1cn(C(C)c2ccc(-c3ccccc3)cc2)nn1. The van der Waals surface area contributed by atoms with E-state index in [2.05, 4.69) is 65.8 Å². The van der Waals surface area contributed by atoms with Crippen molar-refractivity contribution >= 4 is 0 Å². The number of benzene rings is 2. The molecule has 1 heterocycles. The van der Waals surface area contributed by atoms with E-state index in [1.165, 1.54) is 16.7 Å². The van der Waals surface area contributed by atoms with Crippen molar-refractivity contribution in [3.63, 3.8) is 0 Å². The highest BCUT2D eigenvalue weighted by Gasteiger charge is 2.09. The molecular weight excluding hydrogens is 246 g/mol. The number of rotatable bonds is 3. The number of hydrogen-bond donors (Lipinski definition) is 0. The van der Waals surface area contributed by atoms with Crippen LogP contribution < -0.4 is 0 Å². The highest BCUT2D eigenvalue weighted by Crippen LogP contribution is 2.23. The summed E-state index contributed by atoms with van der Waals surface area (Å²) in [5.41, 5.74) is 4.65. The normalized spacial score (nSPS) is 12.3. The molecule has 0 aliphatic rings. The lowest BCUT2D eigenvalue weighted by Crippen LogP contribution is -2.07. The lowest BCUT2D eigenvalue weighted by molar-refractivity contribution is 0.543. The van der Waals surface area contributed by atoms with Gasteiger partial charge in [-0.05, 0) is 30.5 Å². The van der Waals surface area contributed by atoms with E-state index in [1.807, 2.05) is 23.9 Å². The van der Waals surface area contributed by atoms with Gasteiger partial charge in [-0.3, -0.25) is 0 Å². The fourth-order valence-corrected chi connectivity index (χ4v) is 2.29. The summed E-state index contributed by atoms with van der Waals surface area (Å²) in [4.78, 5) is 0. The van der Waals surface area contributed by atoms with Crippen LogP contribution in [0.2, 0.25) is 0 Å². The van der Waals surface area contributed by atoms with E-state index in [0.29, 0.717) is 0 Å². The van der Waals surface area contributed by atoms with Gasteiger partial charge in [0.2, 0.25) is 0 Å². The quantitative estimate of drug-likeness (QED) is 0.718. The highest BCUT2D eigenvalue weighted by atomic mass is 15.4. The van der Waals surface area contributed by atoms with Crippen LogP contribution in [-0.4, -0.2) is 15.0 Å². The summed E-state index contributed by atoms with van der Waals surface area (Å²) in [6.07, 6.45) is 1.97. The molecule has 3 nitrogen and oxygen atoms in total. The van der Waals surface area contributed by atoms with Crippen LogP contribution in [0.4, 0.5) is 0 Å². The van der Waals surface area contributed by atoms with Gasteiger partial charge in [0.25, 0.3) is 0 Å². The van der Waals surface area contributed by atoms with Crippen LogP contribution in [0.25, 0.3) is 11.1 Å². The van der Waals surface area contributed by atoms with E-state index in [1.54, 1.807) is 0 Å². The van der Waals surface area contributed by atoms with Crippen LogP contribution >= 0.6 is 0 Å². The van der Waals surface area contributed by atoms with Crippen molar-refractivity contribution in [1.82, 2.24) is 15.0 Å². The first-order chi connectivity index (χ1) is 9.74. The summed E-state index contributed by atoms with van der Waals surface area (Å²) in [5, 5.41) is 8.18. The van der Waals surface area contributed by atoms with Gasteiger partial charge in [0.15, 0.2) is 0 Å². The molecule has 0 aliphatic heterocycles. The van der Waals surface area contributed by atoms with Crippen LogP contribution in [0.1, 0.15) is 24.2 Å². The third-order valence-corrected chi connectivity index (χ3v) is 3.52. The van der Waals surface area contributed by atoms with E-state index >= 15 is 0 Å². The molecule has 3 aromatic rings. The summed E-state index contributed by atoms with van der Waals surface area (Å²) in [5.74, 6) is 0. The molecule has 1 aromatic heterocycles. The van der Waals surface area contributed by atoms with Crippen LogP contribution in [-0.2, 0) is 0 Å². The van der Waals surface area contributed by atoms with Gasteiger partial charge >= 0.3 is 0 Å². The Morgan fingerprint density at radius 1 is 0.900 bits per heavy atom. The molecule has 0 N–H and O–H groups in total. The summed E-state index contributed by atoms with van der Waals surface area (Å²) in [6.45, 7) is 4.08. The zero-order chi connectivity index (χ0) is 13.9. The molecule has 3 rings (SSSR count). The molecule has 0 radical (unpaired) electrons. The Labute approximate surface area is 118 Å². The molecular formula is C17H17N3. The first-order valence-electron chi connectivity index (χ1n) is 6.78. The Kier molecular flexibility index (Phi) is 3.33. The third kappa shape index (κ3) is 2.48. The molecule has 0 fully saturated rings. The molecule has 20 heavy (non-hydrogen) atoms. The fourth-order valence-electron chi connectivity index (χ4n) is 2.29. The van der Waals surface area contributed by atoms with Crippen LogP contribution in [0.5, 0.6) is 0 Å². The van der Waals surface area contributed by atoms with Crippen molar-refractivity contribution in [1.29, 1.82) is 0 Å². The summed E-state index contributed by atoms with van der Waals surface area (Å²) < 4.78 is 1.90. The average molecular weight is 263 g/mol. The molecule has 1 atom stereocenters. The van der Waals surface area contributed by atoms with E-state index in [0.717, 1.165) is 5.69 Å². The first kappa shape index (κ1) is 12.6. The Balaban J connectivity index is 1.86. The van der Waals surface area contributed by atoms with Crippen molar-refractivity contribution in [2.45, 2.75) is 19.9 Å². The minimum absolute atomic E-state index is 0.195. The standard InChI is InChI=1S/C17H17N3/c1-13-12-20(19-18-13)14(2)15-8-10-17(11-9-15)16-6-4-3-5-7-16/h3-12,14H,1-2H3. The second kappa shape index (κ2) is 5.29. The number of hydrogen-bond acceptors (Lipinski definition) is 2. The van der Waals surface area contributed by atoms with Crippen molar-refractivity contribution in [2.75, 3.05) is 0 Å². The Hall–Kier alpha value is -2.42. The molecule has 0 saturated heterocycles. The molecule has 0 amide bonds. The summed E-state index contributed by atoms with van der Waals surface area (Å²) >= 11 is 0. The summed E-state index contributed by atoms with van der Waals surface area (Å²) in [6, 6.07) is 19.2.